The Morgan fingerprint density at radius 3 is 2.80 bits per heavy atom. The molecule has 0 atom stereocenters. The van der Waals surface area contributed by atoms with Crippen molar-refractivity contribution in [2.24, 2.45) is 5.73 Å². The van der Waals surface area contributed by atoms with Crippen molar-refractivity contribution in [2.75, 3.05) is 0 Å². The fourth-order valence-corrected chi connectivity index (χ4v) is 2.21. The molecule has 1 saturated carbocycles. The lowest BCUT2D eigenvalue weighted by molar-refractivity contribution is -0.384. The van der Waals surface area contributed by atoms with Crippen LogP contribution in [0, 0.1) is 15.9 Å². The summed E-state index contributed by atoms with van der Waals surface area (Å²) in [5, 5.41) is 19.0. The molecule has 1 aromatic carbocycles. The maximum Gasteiger partial charge on any atom is 0.280 e. The summed E-state index contributed by atoms with van der Waals surface area (Å²) in [5.74, 6) is 0.311. The Labute approximate surface area is 113 Å². The fourth-order valence-electron chi connectivity index (χ4n) is 2.21. The van der Waals surface area contributed by atoms with E-state index in [1.54, 1.807) is 4.57 Å². The van der Waals surface area contributed by atoms with Crippen LogP contribution in [0.25, 0.3) is 11.4 Å². The van der Waals surface area contributed by atoms with Crippen molar-refractivity contribution in [2.45, 2.75) is 25.4 Å². The van der Waals surface area contributed by atoms with Gasteiger partial charge in [0.2, 0.25) is 0 Å². The molecule has 0 spiro atoms. The number of nitrogens with two attached hydrogens (primary N) is 1. The predicted octanol–water partition coefficient (Wildman–Crippen LogP) is 1.79. The van der Waals surface area contributed by atoms with Crippen molar-refractivity contribution in [3.8, 4) is 11.4 Å². The molecule has 104 valence electrons. The summed E-state index contributed by atoms with van der Waals surface area (Å²) in [6, 6.07) is 3.50. The lowest BCUT2D eigenvalue weighted by Gasteiger charge is -2.08. The summed E-state index contributed by atoms with van der Waals surface area (Å²) in [6.45, 7) is 0.187. The van der Waals surface area contributed by atoms with E-state index in [0.717, 1.165) is 31.0 Å². The molecular weight excluding hydrogens is 265 g/mol. The van der Waals surface area contributed by atoms with Gasteiger partial charge in [-0.15, -0.1) is 10.2 Å². The smallest absolute Gasteiger partial charge is 0.280 e. The molecule has 0 bridgehead atoms. The van der Waals surface area contributed by atoms with Gasteiger partial charge in [-0.3, -0.25) is 10.1 Å². The summed E-state index contributed by atoms with van der Waals surface area (Å²) in [6.07, 6.45) is 1.89. The van der Waals surface area contributed by atoms with Crippen molar-refractivity contribution in [3.05, 3.63) is 40.0 Å². The monoisotopic (exact) mass is 277 g/mol. The van der Waals surface area contributed by atoms with E-state index in [0.29, 0.717) is 11.6 Å². The summed E-state index contributed by atoms with van der Waals surface area (Å²) >= 11 is 0. The molecule has 3 rings (SSSR count). The number of nitrogens with zero attached hydrogens (tertiary/aromatic N) is 4. The van der Waals surface area contributed by atoms with E-state index >= 15 is 0 Å². The summed E-state index contributed by atoms with van der Waals surface area (Å²) in [4.78, 5) is 10.5. The van der Waals surface area contributed by atoms with Crippen LogP contribution in [0.4, 0.5) is 10.1 Å². The highest BCUT2D eigenvalue weighted by Gasteiger charge is 2.31. The number of hydrogen-bond donors (Lipinski definition) is 1. The maximum atomic E-state index is 13.4. The predicted molar refractivity (Wildman–Crippen MR) is 68.2 cm³/mol. The second-order valence-electron chi connectivity index (χ2n) is 4.66. The molecule has 2 N–H and O–H groups in total. The Hall–Kier alpha value is -2.35. The number of rotatable bonds is 4. The molecule has 0 amide bonds. The molecule has 1 aromatic heterocycles. The molecule has 7 nitrogen and oxygen atoms in total. The van der Waals surface area contributed by atoms with Crippen LogP contribution < -0.4 is 5.73 Å². The lowest BCUT2D eigenvalue weighted by Crippen LogP contribution is -2.08. The second kappa shape index (κ2) is 4.64. The van der Waals surface area contributed by atoms with Gasteiger partial charge in [-0.05, 0) is 25.0 Å². The molecule has 0 radical (unpaired) electrons. The summed E-state index contributed by atoms with van der Waals surface area (Å²) in [7, 11) is 0. The van der Waals surface area contributed by atoms with E-state index in [2.05, 4.69) is 10.2 Å². The second-order valence-corrected chi connectivity index (χ2v) is 4.66. The van der Waals surface area contributed by atoms with Crippen molar-refractivity contribution in [3.63, 3.8) is 0 Å². The van der Waals surface area contributed by atoms with Gasteiger partial charge in [-0.1, -0.05) is 0 Å². The summed E-state index contributed by atoms with van der Waals surface area (Å²) in [5.41, 5.74) is 5.55. The van der Waals surface area contributed by atoms with E-state index in [4.69, 9.17) is 5.73 Å². The first-order valence-electron chi connectivity index (χ1n) is 6.20. The average Bonchev–Trinajstić information content (AvgIpc) is 3.17. The van der Waals surface area contributed by atoms with Crippen molar-refractivity contribution in [1.82, 2.24) is 14.8 Å². The Balaban J connectivity index is 2.20. The van der Waals surface area contributed by atoms with Crippen LogP contribution in [0.15, 0.2) is 18.2 Å². The highest BCUT2D eigenvalue weighted by Crippen LogP contribution is 2.40. The third-order valence-electron chi connectivity index (χ3n) is 3.26. The molecule has 1 heterocycles. The maximum absolute atomic E-state index is 13.4. The summed E-state index contributed by atoms with van der Waals surface area (Å²) < 4.78 is 15.2. The number of benzene rings is 1. The Kier molecular flexibility index (Phi) is 2.94. The molecule has 1 fully saturated rings. The minimum atomic E-state index is -0.553. The number of aromatic nitrogens is 3. The average molecular weight is 277 g/mol. The van der Waals surface area contributed by atoms with Crippen molar-refractivity contribution in [1.29, 1.82) is 0 Å². The van der Waals surface area contributed by atoms with Gasteiger partial charge in [0.1, 0.15) is 11.6 Å². The first kappa shape index (κ1) is 12.7. The largest absolute Gasteiger partial charge is 0.324 e. The van der Waals surface area contributed by atoms with Crippen molar-refractivity contribution < 1.29 is 9.31 Å². The Morgan fingerprint density at radius 2 is 2.20 bits per heavy atom. The molecule has 2 aromatic rings. The molecule has 0 saturated heterocycles. The van der Waals surface area contributed by atoms with Crippen molar-refractivity contribution >= 4 is 5.69 Å². The zero-order valence-corrected chi connectivity index (χ0v) is 10.5. The van der Waals surface area contributed by atoms with Crippen LogP contribution in [-0.2, 0) is 6.54 Å². The van der Waals surface area contributed by atoms with Crippen LogP contribution in [0.2, 0.25) is 0 Å². The van der Waals surface area contributed by atoms with E-state index in [1.807, 2.05) is 0 Å². The third-order valence-corrected chi connectivity index (χ3v) is 3.26. The van der Waals surface area contributed by atoms with Gasteiger partial charge in [0.15, 0.2) is 5.82 Å². The standard InChI is InChI=1S/C12H12FN5O2/c13-7-1-4-10(18(19)20)9(5-7)12-16-15-11(6-14)17(12)8-2-3-8/h1,4-5,8H,2-3,6,14H2. The SMILES string of the molecule is NCc1nnc(-c2cc(F)ccc2[N+](=O)[O-])n1C1CC1. The molecule has 1 aliphatic carbocycles. The van der Waals surface area contributed by atoms with Gasteiger partial charge in [0, 0.05) is 12.1 Å². The van der Waals surface area contributed by atoms with E-state index < -0.39 is 10.7 Å². The zero-order chi connectivity index (χ0) is 14.3. The van der Waals surface area contributed by atoms with Gasteiger partial charge in [-0.25, -0.2) is 4.39 Å². The lowest BCUT2D eigenvalue weighted by atomic mass is 10.1. The van der Waals surface area contributed by atoms with E-state index in [-0.39, 0.29) is 23.8 Å². The normalized spacial score (nSPS) is 14.5. The number of halogens is 1. The van der Waals surface area contributed by atoms with Gasteiger partial charge in [0.05, 0.1) is 17.0 Å². The quantitative estimate of drug-likeness (QED) is 0.678. The van der Waals surface area contributed by atoms with Gasteiger partial charge < -0.3 is 10.3 Å². The van der Waals surface area contributed by atoms with Crippen LogP contribution in [-0.4, -0.2) is 19.7 Å². The molecule has 0 unspecified atom stereocenters. The number of nitro groups is 1. The van der Waals surface area contributed by atoms with E-state index in [1.165, 1.54) is 0 Å². The zero-order valence-electron chi connectivity index (χ0n) is 10.5. The van der Waals surface area contributed by atoms with Crippen LogP contribution in [0.3, 0.4) is 0 Å². The van der Waals surface area contributed by atoms with E-state index in [9.17, 15) is 14.5 Å². The van der Waals surface area contributed by atoms with Gasteiger partial charge >= 0.3 is 0 Å². The van der Waals surface area contributed by atoms with Gasteiger partial charge in [-0.2, -0.15) is 0 Å². The Bertz CT molecular complexity index is 680. The molecule has 0 aliphatic heterocycles. The molecule has 1 aliphatic rings. The highest BCUT2D eigenvalue weighted by atomic mass is 19.1. The van der Waals surface area contributed by atoms with Crippen LogP contribution >= 0.6 is 0 Å². The first-order valence-corrected chi connectivity index (χ1v) is 6.20. The number of hydrogen-bond acceptors (Lipinski definition) is 5. The Morgan fingerprint density at radius 1 is 1.45 bits per heavy atom. The minimum absolute atomic E-state index is 0.133. The van der Waals surface area contributed by atoms with Gasteiger partial charge in [0.25, 0.3) is 5.69 Å². The molecule has 20 heavy (non-hydrogen) atoms. The number of nitro benzene ring substituents is 1. The topological polar surface area (TPSA) is 99.9 Å². The van der Waals surface area contributed by atoms with Crippen LogP contribution in [0.1, 0.15) is 24.7 Å². The molecule has 8 heteroatoms. The third kappa shape index (κ3) is 2.03. The minimum Gasteiger partial charge on any atom is -0.324 e. The first-order chi connectivity index (χ1) is 9.61. The van der Waals surface area contributed by atoms with Crippen LogP contribution in [0.5, 0.6) is 0 Å². The highest BCUT2D eigenvalue weighted by molar-refractivity contribution is 5.68. The molecular formula is C12H12FN5O2. The fraction of sp³-hybridized carbons (Fsp3) is 0.333.